The molecule has 0 spiro atoms. The molecular formula is C23H16O9. The van der Waals surface area contributed by atoms with Crippen LogP contribution in [0, 0.1) is 0 Å². The van der Waals surface area contributed by atoms with Crippen molar-refractivity contribution in [2.75, 3.05) is 14.2 Å². The predicted molar refractivity (Wildman–Crippen MR) is 113 cm³/mol. The van der Waals surface area contributed by atoms with Gasteiger partial charge < -0.3 is 29.2 Å². The van der Waals surface area contributed by atoms with Gasteiger partial charge in [0, 0.05) is 28.6 Å². The lowest BCUT2D eigenvalue weighted by Crippen LogP contribution is -2.08. The summed E-state index contributed by atoms with van der Waals surface area (Å²) in [5.41, 5.74) is 0.118. The van der Waals surface area contributed by atoms with E-state index in [1.165, 1.54) is 50.6 Å². The summed E-state index contributed by atoms with van der Waals surface area (Å²) >= 11 is 0. The summed E-state index contributed by atoms with van der Waals surface area (Å²) in [6, 6.07) is 9.09. The van der Waals surface area contributed by atoms with E-state index < -0.39 is 17.4 Å². The Bertz CT molecular complexity index is 1430. The Hall–Kier alpha value is -4.53. The number of carbonyl (C=O) groups is 2. The molecule has 2 aliphatic rings. The Kier molecular flexibility index (Phi) is 4.94. The highest BCUT2D eigenvalue weighted by atomic mass is 16.5. The molecule has 1 aliphatic heterocycles. The molecule has 0 atom stereocenters. The molecule has 32 heavy (non-hydrogen) atoms. The quantitative estimate of drug-likeness (QED) is 0.399. The zero-order valence-corrected chi connectivity index (χ0v) is 16.8. The van der Waals surface area contributed by atoms with Gasteiger partial charge in [0.2, 0.25) is 5.43 Å². The Morgan fingerprint density at radius 1 is 0.875 bits per heavy atom. The van der Waals surface area contributed by atoms with Gasteiger partial charge in [-0.15, -0.1) is 0 Å². The number of phenolic OH excluding ortho intramolecular Hbond substituents is 1. The minimum absolute atomic E-state index is 0.0121. The van der Waals surface area contributed by atoms with E-state index in [0.29, 0.717) is 16.5 Å². The fraction of sp³-hybridized carbons (Fsp3) is 0.0870. The maximum atomic E-state index is 12.3. The number of ether oxygens (including phenoxy) is 2. The Morgan fingerprint density at radius 2 is 1.59 bits per heavy atom. The third-order valence-electron chi connectivity index (χ3n) is 5.07. The van der Waals surface area contributed by atoms with E-state index >= 15 is 0 Å². The third-order valence-corrected chi connectivity index (χ3v) is 5.07. The Balaban J connectivity index is 2.23. The van der Waals surface area contributed by atoms with Crippen LogP contribution in [-0.2, 0) is 0 Å². The van der Waals surface area contributed by atoms with Gasteiger partial charge >= 0.3 is 11.9 Å². The van der Waals surface area contributed by atoms with E-state index in [9.17, 15) is 29.7 Å². The number of carboxylic acid groups (broad SMARTS) is 2. The van der Waals surface area contributed by atoms with Crippen molar-refractivity contribution in [3.63, 3.8) is 0 Å². The first kappa shape index (κ1) is 20.7. The van der Waals surface area contributed by atoms with Crippen molar-refractivity contribution in [1.82, 2.24) is 0 Å². The van der Waals surface area contributed by atoms with Crippen molar-refractivity contribution in [2.45, 2.75) is 0 Å². The van der Waals surface area contributed by atoms with E-state index in [-0.39, 0.29) is 45.3 Å². The minimum atomic E-state index is -1.34. The number of hydrogen-bond donors (Lipinski definition) is 3. The standard InChI is InChI=1S/C23H16O9/c1-30-19-6-13-17(8-15(19)24)32-18-9-16(25)20(31-2)7-14(18)21(13)11-4-3-10(22(26)27)5-12(11)23(28)29/h3-9,24H,1-2H3,(H,26,27)(H,28,29). The summed E-state index contributed by atoms with van der Waals surface area (Å²) in [4.78, 5) is 35.7. The second-order valence-electron chi connectivity index (χ2n) is 6.87. The number of carboxylic acids is 2. The first-order valence-corrected chi connectivity index (χ1v) is 9.21. The zero-order valence-electron chi connectivity index (χ0n) is 16.8. The molecule has 162 valence electrons. The number of rotatable bonds is 5. The van der Waals surface area contributed by atoms with Crippen LogP contribution < -0.4 is 14.9 Å². The van der Waals surface area contributed by atoms with Gasteiger partial charge in [0.1, 0.15) is 11.3 Å². The van der Waals surface area contributed by atoms with Crippen LogP contribution in [0.1, 0.15) is 20.7 Å². The maximum Gasteiger partial charge on any atom is 0.336 e. The monoisotopic (exact) mass is 436 g/mol. The lowest BCUT2D eigenvalue weighted by molar-refractivity contribution is 0.0696. The fourth-order valence-corrected chi connectivity index (χ4v) is 3.60. The maximum absolute atomic E-state index is 12.3. The van der Waals surface area contributed by atoms with Crippen LogP contribution in [0.4, 0.5) is 0 Å². The van der Waals surface area contributed by atoms with Crippen molar-refractivity contribution in [2.24, 2.45) is 0 Å². The molecule has 0 saturated carbocycles. The molecule has 0 fully saturated rings. The van der Waals surface area contributed by atoms with Gasteiger partial charge in [0.05, 0.1) is 25.3 Å². The third kappa shape index (κ3) is 3.25. The van der Waals surface area contributed by atoms with Crippen molar-refractivity contribution in [1.29, 1.82) is 0 Å². The summed E-state index contributed by atoms with van der Waals surface area (Å²) < 4.78 is 16.1. The number of methoxy groups -OCH3 is 2. The lowest BCUT2D eigenvalue weighted by atomic mass is 9.89. The Labute approximate surface area is 180 Å². The second-order valence-corrected chi connectivity index (χ2v) is 6.87. The number of benzene rings is 3. The molecule has 0 unspecified atom stereocenters. The number of aromatic carboxylic acids is 2. The van der Waals surface area contributed by atoms with Crippen LogP contribution in [0.25, 0.3) is 33.4 Å². The summed E-state index contributed by atoms with van der Waals surface area (Å²) in [6.45, 7) is 0. The largest absolute Gasteiger partial charge is 0.504 e. The van der Waals surface area contributed by atoms with Crippen molar-refractivity contribution < 1.29 is 38.8 Å². The van der Waals surface area contributed by atoms with Crippen molar-refractivity contribution in [3.8, 4) is 39.7 Å². The van der Waals surface area contributed by atoms with Crippen LogP contribution in [0.3, 0.4) is 0 Å². The summed E-state index contributed by atoms with van der Waals surface area (Å²) in [7, 11) is 2.68. The van der Waals surface area contributed by atoms with E-state index in [2.05, 4.69) is 0 Å². The molecule has 2 aromatic rings. The van der Waals surface area contributed by atoms with Gasteiger partial charge in [-0.05, 0) is 29.8 Å². The van der Waals surface area contributed by atoms with E-state index in [1.54, 1.807) is 0 Å². The highest BCUT2D eigenvalue weighted by Crippen LogP contribution is 2.45. The van der Waals surface area contributed by atoms with E-state index in [0.717, 1.165) is 6.07 Å². The topological polar surface area (TPSA) is 144 Å². The average Bonchev–Trinajstić information content (AvgIpc) is 2.76. The van der Waals surface area contributed by atoms with Crippen LogP contribution in [0.2, 0.25) is 0 Å². The van der Waals surface area contributed by atoms with Gasteiger partial charge in [0.25, 0.3) is 0 Å². The molecule has 4 rings (SSSR count). The summed E-state index contributed by atoms with van der Waals surface area (Å²) in [5, 5.41) is 29.7. The average molecular weight is 436 g/mol. The number of hydrogen-bond acceptors (Lipinski definition) is 7. The second kappa shape index (κ2) is 7.62. The fourth-order valence-electron chi connectivity index (χ4n) is 3.60. The van der Waals surface area contributed by atoms with Crippen LogP contribution >= 0.6 is 0 Å². The van der Waals surface area contributed by atoms with Gasteiger partial charge in [-0.3, -0.25) is 4.79 Å². The van der Waals surface area contributed by atoms with Gasteiger partial charge in [0.15, 0.2) is 17.2 Å². The molecule has 0 amide bonds. The van der Waals surface area contributed by atoms with Crippen LogP contribution in [-0.4, -0.2) is 41.5 Å². The van der Waals surface area contributed by atoms with E-state index in [4.69, 9.17) is 13.9 Å². The van der Waals surface area contributed by atoms with Crippen LogP contribution in [0.5, 0.6) is 17.2 Å². The smallest absolute Gasteiger partial charge is 0.336 e. The highest BCUT2D eigenvalue weighted by Gasteiger charge is 2.25. The molecule has 2 aromatic carbocycles. The molecule has 0 radical (unpaired) electrons. The Morgan fingerprint density at radius 3 is 2.22 bits per heavy atom. The van der Waals surface area contributed by atoms with E-state index in [1.807, 2.05) is 0 Å². The minimum Gasteiger partial charge on any atom is -0.504 e. The van der Waals surface area contributed by atoms with Gasteiger partial charge in [-0.2, -0.15) is 0 Å². The molecule has 0 bridgehead atoms. The molecule has 0 saturated heterocycles. The van der Waals surface area contributed by atoms with Gasteiger partial charge in [-0.1, -0.05) is 6.07 Å². The molecular weight excluding hydrogens is 420 g/mol. The molecule has 3 N–H and O–H groups in total. The van der Waals surface area contributed by atoms with Crippen molar-refractivity contribution >= 4 is 22.9 Å². The summed E-state index contributed by atoms with van der Waals surface area (Å²) in [5.74, 6) is -2.59. The lowest BCUT2D eigenvalue weighted by Gasteiger charge is -2.18. The predicted octanol–water partition coefficient (Wildman–Crippen LogP) is 3.68. The molecule has 9 nitrogen and oxygen atoms in total. The SMILES string of the molecule is COc1cc2c(-c3ccc(C(=O)O)cc3C(=O)O)c3cc(OC)c(=O)cc-3oc2cc1O. The van der Waals surface area contributed by atoms with Crippen molar-refractivity contribution in [3.05, 3.63) is 63.8 Å². The number of aromatic hydroxyl groups is 1. The molecule has 9 heteroatoms. The van der Waals surface area contributed by atoms with Gasteiger partial charge in [-0.25, -0.2) is 9.59 Å². The first-order chi connectivity index (χ1) is 15.2. The summed E-state index contributed by atoms with van der Waals surface area (Å²) in [6.07, 6.45) is 0. The molecule has 1 heterocycles. The highest BCUT2D eigenvalue weighted by molar-refractivity contribution is 6.09. The first-order valence-electron chi connectivity index (χ1n) is 9.21. The zero-order chi connectivity index (χ0) is 23.2. The van der Waals surface area contributed by atoms with Crippen LogP contribution in [0.15, 0.2) is 51.7 Å². The number of phenols is 1. The number of fused-ring (bicyclic) bond motifs is 2. The molecule has 1 aliphatic carbocycles. The normalized spacial score (nSPS) is 10.9. The molecule has 0 aromatic heterocycles.